The second-order valence-corrected chi connectivity index (χ2v) is 4.54. The van der Waals surface area contributed by atoms with E-state index in [0.717, 1.165) is 6.07 Å². The minimum absolute atomic E-state index is 0.0616. The molecule has 0 saturated carbocycles. The summed E-state index contributed by atoms with van der Waals surface area (Å²) in [6.07, 6.45) is -3.93. The van der Waals surface area contributed by atoms with Gasteiger partial charge in [0.05, 0.1) is 5.56 Å². The molecule has 1 heterocycles. The summed E-state index contributed by atoms with van der Waals surface area (Å²) in [5, 5.41) is 0. The lowest BCUT2D eigenvalue weighted by Gasteiger charge is -2.25. The SMILES string of the molecule is CC(N)C1Cc2c(cccc2C(F)(F)F)N1C. The molecule has 0 radical (unpaired) electrons. The number of rotatable bonds is 1. The van der Waals surface area contributed by atoms with Crippen molar-refractivity contribution in [2.75, 3.05) is 11.9 Å². The molecule has 0 aromatic heterocycles. The van der Waals surface area contributed by atoms with Crippen molar-refractivity contribution in [1.82, 2.24) is 0 Å². The molecule has 0 fully saturated rings. The van der Waals surface area contributed by atoms with Gasteiger partial charge >= 0.3 is 6.18 Å². The maximum Gasteiger partial charge on any atom is 0.416 e. The number of likely N-dealkylation sites (N-methyl/N-ethyl adjacent to an activating group) is 1. The molecule has 0 amide bonds. The molecule has 0 saturated heterocycles. The smallest absolute Gasteiger partial charge is 0.369 e. The van der Waals surface area contributed by atoms with Crippen LogP contribution in [0, 0.1) is 0 Å². The molecule has 0 bridgehead atoms. The fourth-order valence-electron chi connectivity index (χ4n) is 2.45. The molecular weight excluding hydrogens is 229 g/mol. The third kappa shape index (κ3) is 1.99. The van der Waals surface area contributed by atoms with Gasteiger partial charge in [0.25, 0.3) is 0 Å². The lowest BCUT2D eigenvalue weighted by Crippen LogP contribution is -2.42. The molecule has 0 spiro atoms. The van der Waals surface area contributed by atoms with Crippen LogP contribution in [0.5, 0.6) is 0 Å². The maximum absolute atomic E-state index is 12.8. The zero-order valence-corrected chi connectivity index (χ0v) is 9.75. The minimum atomic E-state index is -4.29. The summed E-state index contributed by atoms with van der Waals surface area (Å²) >= 11 is 0. The molecule has 94 valence electrons. The van der Waals surface area contributed by atoms with Gasteiger partial charge < -0.3 is 10.6 Å². The maximum atomic E-state index is 12.8. The Bertz CT molecular complexity index is 426. The van der Waals surface area contributed by atoms with Crippen LogP contribution in [0.25, 0.3) is 0 Å². The third-order valence-corrected chi connectivity index (χ3v) is 3.35. The highest BCUT2D eigenvalue weighted by Crippen LogP contribution is 2.41. The molecule has 17 heavy (non-hydrogen) atoms. The average Bonchev–Trinajstić information content (AvgIpc) is 2.55. The predicted octanol–water partition coefficient (Wildman–Crippen LogP) is 2.41. The summed E-state index contributed by atoms with van der Waals surface area (Å²) in [7, 11) is 1.79. The summed E-state index contributed by atoms with van der Waals surface area (Å²) in [5.41, 5.74) is 6.27. The Morgan fingerprint density at radius 3 is 2.59 bits per heavy atom. The fourth-order valence-corrected chi connectivity index (χ4v) is 2.45. The Morgan fingerprint density at radius 1 is 1.41 bits per heavy atom. The number of halogens is 3. The third-order valence-electron chi connectivity index (χ3n) is 3.35. The highest BCUT2D eigenvalue weighted by atomic mass is 19.4. The molecule has 5 heteroatoms. The van der Waals surface area contributed by atoms with E-state index < -0.39 is 11.7 Å². The van der Waals surface area contributed by atoms with Crippen molar-refractivity contribution in [3.8, 4) is 0 Å². The summed E-state index contributed by atoms with van der Waals surface area (Å²) in [6, 6.07) is 4.08. The van der Waals surface area contributed by atoms with Gasteiger partial charge in [-0.3, -0.25) is 0 Å². The Labute approximate surface area is 98.2 Å². The standard InChI is InChI=1S/C12H15F3N2/c1-7(16)11-6-8-9(12(13,14)15)4-3-5-10(8)17(11)2/h3-5,7,11H,6,16H2,1-2H3. The molecule has 2 nitrogen and oxygen atoms in total. The van der Waals surface area contributed by atoms with Crippen LogP contribution >= 0.6 is 0 Å². The van der Waals surface area contributed by atoms with Gasteiger partial charge in [-0.05, 0) is 31.0 Å². The monoisotopic (exact) mass is 244 g/mol. The van der Waals surface area contributed by atoms with Crippen molar-refractivity contribution in [2.24, 2.45) is 5.73 Å². The highest BCUT2D eigenvalue weighted by molar-refractivity contribution is 5.62. The molecule has 0 aliphatic carbocycles. The molecule has 1 aliphatic heterocycles. The van der Waals surface area contributed by atoms with Crippen LogP contribution in [0.1, 0.15) is 18.1 Å². The Morgan fingerprint density at radius 2 is 2.06 bits per heavy atom. The number of anilines is 1. The van der Waals surface area contributed by atoms with Crippen molar-refractivity contribution < 1.29 is 13.2 Å². The number of hydrogen-bond donors (Lipinski definition) is 1. The number of nitrogens with two attached hydrogens (primary N) is 1. The van der Waals surface area contributed by atoms with Crippen LogP contribution in [0.15, 0.2) is 18.2 Å². The number of alkyl halides is 3. The molecule has 2 rings (SSSR count). The van der Waals surface area contributed by atoms with Crippen LogP contribution in [0.2, 0.25) is 0 Å². The number of fused-ring (bicyclic) bond motifs is 1. The van der Waals surface area contributed by atoms with Gasteiger partial charge in [-0.1, -0.05) is 6.07 Å². The van der Waals surface area contributed by atoms with E-state index >= 15 is 0 Å². The highest BCUT2D eigenvalue weighted by Gasteiger charge is 2.39. The van der Waals surface area contributed by atoms with Crippen LogP contribution in [-0.4, -0.2) is 19.1 Å². The zero-order valence-electron chi connectivity index (χ0n) is 9.75. The quantitative estimate of drug-likeness (QED) is 0.822. The van der Waals surface area contributed by atoms with E-state index in [1.54, 1.807) is 13.1 Å². The predicted molar refractivity (Wildman–Crippen MR) is 61.0 cm³/mol. The van der Waals surface area contributed by atoms with E-state index in [1.807, 2.05) is 11.8 Å². The Balaban J connectivity index is 2.47. The first-order valence-electron chi connectivity index (χ1n) is 5.50. The van der Waals surface area contributed by atoms with Crippen molar-refractivity contribution >= 4 is 5.69 Å². The number of nitrogens with zero attached hydrogens (tertiary/aromatic N) is 1. The van der Waals surface area contributed by atoms with E-state index in [-0.39, 0.29) is 12.1 Å². The van der Waals surface area contributed by atoms with Crippen LogP contribution < -0.4 is 10.6 Å². The van der Waals surface area contributed by atoms with Crippen LogP contribution in [0.3, 0.4) is 0 Å². The number of hydrogen-bond acceptors (Lipinski definition) is 2. The van der Waals surface area contributed by atoms with Crippen molar-refractivity contribution in [2.45, 2.75) is 31.6 Å². The second-order valence-electron chi connectivity index (χ2n) is 4.54. The van der Waals surface area contributed by atoms with Gasteiger partial charge in [0.2, 0.25) is 0 Å². The molecule has 1 aliphatic rings. The van der Waals surface area contributed by atoms with E-state index in [2.05, 4.69) is 0 Å². The largest absolute Gasteiger partial charge is 0.416 e. The van der Waals surface area contributed by atoms with Gasteiger partial charge in [0.1, 0.15) is 0 Å². The van der Waals surface area contributed by atoms with Gasteiger partial charge in [-0.25, -0.2) is 0 Å². The first kappa shape index (κ1) is 12.2. The van der Waals surface area contributed by atoms with Crippen molar-refractivity contribution in [1.29, 1.82) is 0 Å². The van der Waals surface area contributed by atoms with Gasteiger partial charge in [-0.15, -0.1) is 0 Å². The first-order valence-corrected chi connectivity index (χ1v) is 5.50. The number of benzene rings is 1. The molecule has 2 atom stereocenters. The van der Waals surface area contributed by atoms with Crippen LogP contribution in [-0.2, 0) is 12.6 Å². The Hall–Kier alpha value is -1.23. The van der Waals surface area contributed by atoms with Crippen molar-refractivity contribution in [3.05, 3.63) is 29.3 Å². The van der Waals surface area contributed by atoms with E-state index in [4.69, 9.17) is 5.73 Å². The summed E-state index contributed by atoms with van der Waals surface area (Å²) in [5.74, 6) is 0. The summed E-state index contributed by atoms with van der Waals surface area (Å²) in [6.45, 7) is 1.82. The van der Waals surface area contributed by atoms with Gasteiger partial charge in [0.15, 0.2) is 0 Å². The topological polar surface area (TPSA) is 29.3 Å². The normalized spacial score (nSPS) is 21.5. The van der Waals surface area contributed by atoms with Crippen molar-refractivity contribution in [3.63, 3.8) is 0 Å². The van der Waals surface area contributed by atoms with Crippen LogP contribution in [0.4, 0.5) is 18.9 Å². The van der Waals surface area contributed by atoms with E-state index in [0.29, 0.717) is 17.7 Å². The summed E-state index contributed by atoms with van der Waals surface area (Å²) in [4.78, 5) is 1.84. The molecule has 2 N–H and O–H groups in total. The summed E-state index contributed by atoms with van der Waals surface area (Å²) < 4.78 is 38.5. The molecule has 2 unspecified atom stereocenters. The lowest BCUT2D eigenvalue weighted by molar-refractivity contribution is -0.138. The zero-order chi connectivity index (χ0) is 12.8. The molecule has 1 aromatic carbocycles. The molecule has 1 aromatic rings. The fraction of sp³-hybridized carbons (Fsp3) is 0.500. The Kier molecular flexibility index (Phi) is 2.81. The van der Waals surface area contributed by atoms with E-state index in [9.17, 15) is 13.2 Å². The lowest BCUT2D eigenvalue weighted by atomic mass is 10.0. The average molecular weight is 244 g/mol. The molecular formula is C12H15F3N2. The minimum Gasteiger partial charge on any atom is -0.369 e. The first-order chi connectivity index (χ1) is 7.82. The van der Waals surface area contributed by atoms with E-state index in [1.165, 1.54) is 6.07 Å². The van der Waals surface area contributed by atoms with Gasteiger partial charge in [-0.2, -0.15) is 13.2 Å². The second kappa shape index (κ2) is 3.91. The van der Waals surface area contributed by atoms with Gasteiger partial charge in [0, 0.05) is 24.8 Å².